The van der Waals surface area contributed by atoms with Crippen molar-refractivity contribution in [3.8, 4) is 11.5 Å². The molecule has 0 spiro atoms. The Morgan fingerprint density at radius 1 is 1.05 bits per heavy atom. The fraction of sp³-hybridized carbons (Fsp3) is 0.467. The zero-order valence-electron chi connectivity index (χ0n) is 12.8. The topological polar surface area (TPSA) is 74.8 Å². The van der Waals surface area contributed by atoms with Gasteiger partial charge in [-0.25, -0.2) is 4.98 Å². The summed E-state index contributed by atoms with van der Waals surface area (Å²) in [7, 11) is 0. The van der Waals surface area contributed by atoms with Crippen molar-refractivity contribution in [3.63, 3.8) is 0 Å². The Balaban J connectivity index is 2.17. The third kappa shape index (κ3) is 2.15. The van der Waals surface area contributed by atoms with Crippen LogP contribution in [0.25, 0.3) is 11.5 Å². The van der Waals surface area contributed by atoms with Gasteiger partial charge in [0.25, 0.3) is 5.69 Å². The first-order valence-corrected chi connectivity index (χ1v) is 6.87. The summed E-state index contributed by atoms with van der Waals surface area (Å²) in [5.41, 5.74) is 1.64. The average Bonchev–Trinajstić information content (AvgIpc) is 2.55. The van der Waals surface area contributed by atoms with Crippen LogP contribution in [0.15, 0.2) is 18.3 Å². The maximum absolute atomic E-state index is 12.0. The molecule has 6 heteroatoms. The van der Waals surface area contributed by atoms with Gasteiger partial charge in [-0.05, 0) is 40.7 Å². The number of pyridine rings is 1. The predicted molar refractivity (Wildman–Crippen MR) is 76.1 cm³/mol. The lowest BCUT2D eigenvalue weighted by molar-refractivity contribution is -0.594. The van der Waals surface area contributed by atoms with Gasteiger partial charge in [0.15, 0.2) is 6.20 Å². The highest BCUT2D eigenvalue weighted by Gasteiger charge is 2.46. The first-order chi connectivity index (χ1) is 9.71. The van der Waals surface area contributed by atoms with E-state index in [9.17, 15) is 5.21 Å². The van der Waals surface area contributed by atoms with Gasteiger partial charge in [0.1, 0.15) is 22.6 Å². The number of hydrogen-bond donors (Lipinski definition) is 0. The van der Waals surface area contributed by atoms with Gasteiger partial charge in [-0.2, -0.15) is 4.73 Å². The van der Waals surface area contributed by atoms with Crippen molar-refractivity contribution in [1.82, 2.24) is 15.2 Å². The van der Waals surface area contributed by atoms with Crippen molar-refractivity contribution in [2.24, 2.45) is 0 Å². The molecule has 0 saturated heterocycles. The van der Waals surface area contributed by atoms with Crippen LogP contribution in [0.3, 0.4) is 0 Å². The molecule has 2 aromatic rings. The summed E-state index contributed by atoms with van der Waals surface area (Å²) < 4.78 is 6.77. The lowest BCUT2D eigenvalue weighted by atomic mass is 10.0. The molecule has 0 amide bonds. The van der Waals surface area contributed by atoms with Crippen molar-refractivity contribution in [2.75, 3.05) is 0 Å². The number of aromatic nitrogens is 4. The monoisotopic (exact) mass is 286 g/mol. The minimum absolute atomic E-state index is 0.318. The molecule has 110 valence electrons. The van der Waals surface area contributed by atoms with Crippen LogP contribution in [0.2, 0.25) is 0 Å². The Bertz CT molecular complexity index is 726. The molecule has 6 nitrogen and oxygen atoms in total. The number of ether oxygens (including phenoxy) is 1. The summed E-state index contributed by atoms with van der Waals surface area (Å²) in [5, 5.41) is 20.4. The Hall–Kier alpha value is -2.08. The third-order valence-electron chi connectivity index (χ3n) is 3.63. The van der Waals surface area contributed by atoms with Crippen molar-refractivity contribution in [1.29, 1.82) is 0 Å². The molecular weight excluding hydrogens is 268 g/mol. The van der Waals surface area contributed by atoms with Gasteiger partial charge in [-0.1, -0.05) is 0 Å². The van der Waals surface area contributed by atoms with Crippen LogP contribution in [0.4, 0.5) is 0 Å². The second-order valence-corrected chi connectivity index (χ2v) is 6.37. The zero-order valence-corrected chi connectivity index (χ0v) is 12.8. The Labute approximate surface area is 123 Å². The van der Waals surface area contributed by atoms with Crippen LogP contribution in [0.5, 0.6) is 0 Å². The molecule has 0 bridgehead atoms. The van der Waals surface area contributed by atoms with E-state index in [1.54, 1.807) is 6.07 Å². The molecule has 1 aliphatic rings. The number of hydrogen-bond acceptors (Lipinski definition) is 5. The highest BCUT2D eigenvalue weighted by molar-refractivity contribution is 5.46. The van der Waals surface area contributed by atoms with Gasteiger partial charge >= 0.3 is 0 Å². The Morgan fingerprint density at radius 2 is 1.71 bits per heavy atom. The molecule has 0 atom stereocenters. The molecule has 0 fully saturated rings. The number of aryl methyl sites for hydroxylation is 1. The minimum Gasteiger partial charge on any atom is -0.618 e. The van der Waals surface area contributed by atoms with Gasteiger partial charge in [-0.3, -0.25) is 0 Å². The molecule has 0 aromatic carbocycles. The first kappa shape index (κ1) is 13.9. The Kier molecular flexibility index (Phi) is 2.78. The molecule has 0 aliphatic carbocycles. The van der Waals surface area contributed by atoms with E-state index in [1.165, 1.54) is 6.20 Å². The Morgan fingerprint density at radius 3 is 2.38 bits per heavy atom. The van der Waals surface area contributed by atoms with Gasteiger partial charge in [-0.15, -0.1) is 10.2 Å². The van der Waals surface area contributed by atoms with E-state index in [4.69, 9.17) is 4.74 Å². The molecule has 21 heavy (non-hydrogen) atoms. The highest BCUT2D eigenvalue weighted by atomic mass is 16.5. The van der Waals surface area contributed by atoms with E-state index in [0.29, 0.717) is 11.5 Å². The van der Waals surface area contributed by atoms with Gasteiger partial charge in [0, 0.05) is 11.6 Å². The first-order valence-electron chi connectivity index (χ1n) is 6.87. The van der Waals surface area contributed by atoms with Crippen molar-refractivity contribution in [3.05, 3.63) is 40.5 Å². The number of fused-ring (bicyclic) bond motifs is 1. The van der Waals surface area contributed by atoms with Crippen molar-refractivity contribution < 1.29 is 9.47 Å². The molecule has 3 heterocycles. The number of rotatable bonds is 1. The third-order valence-corrected chi connectivity index (χ3v) is 3.63. The average molecular weight is 286 g/mol. The summed E-state index contributed by atoms with van der Waals surface area (Å²) in [4.78, 5) is 4.54. The highest BCUT2D eigenvalue weighted by Crippen LogP contribution is 2.44. The fourth-order valence-corrected chi connectivity index (χ4v) is 2.75. The maximum Gasteiger partial charge on any atom is 0.263 e. The summed E-state index contributed by atoms with van der Waals surface area (Å²) in [5.74, 6) is 0.318. The lowest BCUT2D eigenvalue weighted by Gasteiger charge is -2.23. The van der Waals surface area contributed by atoms with Crippen LogP contribution in [-0.2, 0) is 15.9 Å². The molecule has 0 N–H and O–H groups in total. The van der Waals surface area contributed by atoms with E-state index < -0.39 is 11.2 Å². The maximum atomic E-state index is 12.0. The lowest BCUT2D eigenvalue weighted by Crippen LogP contribution is -2.30. The molecule has 0 radical (unpaired) electrons. The normalized spacial score (nSPS) is 18.5. The predicted octanol–water partition coefficient (Wildman–Crippen LogP) is 1.98. The molecule has 2 aromatic heterocycles. The summed E-state index contributed by atoms with van der Waals surface area (Å²) >= 11 is 0. The van der Waals surface area contributed by atoms with Crippen molar-refractivity contribution in [2.45, 2.75) is 45.8 Å². The molecule has 0 saturated carbocycles. The fourth-order valence-electron chi connectivity index (χ4n) is 2.75. The molecule has 1 aliphatic heterocycles. The van der Waals surface area contributed by atoms with Crippen LogP contribution >= 0.6 is 0 Å². The zero-order chi connectivity index (χ0) is 15.4. The minimum atomic E-state index is -0.554. The van der Waals surface area contributed by atoms with Gasteiger partial charge < -0.3 is 9.94 Å². The molecule has 3 rings (SSSR count). The largest absolute Gasteiger partial charge is 0.618 e. The van der Waals surface area contributed by atoms with E-state index in [-0.39, 0.29) is 0 Å². The van der Waals surface area contributed by atoms with Crippen molar-refractivity contribution >= 4 is 0 Å². The summed E-state index contributed by atoms with van der Waals surface area (Å²) in [6.07, 6.45) is 1.50. The van der Waals surface area contributed by atoms with Crippen LogP contribution in [0, 0.1) is 12.1 Å². The summed E-state index contributed by atoms with van der Waals surface area (Å²) in [6.45, 7) is 9.63. The summed E-state index contributed by atoms with van der Waals surface area (Å²) in [6, 6.07) is 3.56. The van der Waals surface area contributed by atoms with E-state index in [0.717, 1.165) is 21.7 Å². The second kappa shape index (κ2) is 4.21. The smallest absolute Gasteiger partial charge is 0.263 e. The van der Waals surface area contributed by atoms with E-state index in [2.05, 4.69) is 15.2 Å². The van der Waals surface area contributed by atoms with E-state index in [1.807, 2.05) is 40.7 Å². The van der Waals surface area contributed by atoms with Gasteiger partial charge in [0.05, 0.1) is 0 Å². The molecule has 0 unspecified atom stereocenters. The quantitative estimate of drug-likeness (QED) is 0.592. The van der Waals surface area contributed by atoms with Crippen LogP contribution in [0.1, 0.15) is 44.6 Å². The molecular formula is C15H18N4O2. The number of nitrogens with zero attached hydrogens (tertiary/aromatic N) is 4. The van der Waals surface area contributed by atoms with E-state index >= 15 is 0 Å². The standard InChI is InChI=1S/C15H18N4O2/c1-9-6-7-10(19(20)8-9)13-16-11-12(17-18-13)15(4,5)21-14(11,2)3/h6-8H,1-5H3. The second-order valence-electron chi connectivity index (χ2n) is 6.37. The van der Waals surface area contributed by atoms with Crippen LogP contribution < -0.4 is 4.73 Å². The SMILES string of the molecule is Cc1ccc(-c2nnc3c(n2)C(C)(C)OC3(C)C)[n+]([O-])c1. The van der Waals surface area contributed by atoms with Crippen LogP contribution in [-0.4, -0.2) is 15.2 Å². The van der Waals surface area contributed by atoms with Gasteiger partial charge in [0.2, 0.25) is 5.82 Å².